The zero-order valence-corrected chi connectivity index (χ0v) is 9.59. The molecule has 15 heavy (non-hydrogen) atoms. The highest BCUT2D eigenvalue weighted by Gasteiger charge is 1.97. The molecule has 0 heterocycles. The Kier molecular flexibility index (Phi) is 5.97. The van der Waals surface area contributed by atoms with E-state index in [0.29, 0.717) is 5.75 Å². The Morgan fingerprint density at radius 1 is 1.40 bits per heavy atom. The van der Waals surface area contributed by atoms with Gasteiger partial charge in [-0.05, 0) is 6.07 Å². The Balaban J connectivity index is 2.15. The van der Waals surface area contributed by atoms with Crippen LogP contribution in [0.2, 0.25) is 0 Å². The number of para-hydroxylation sites is 1. The second kappa shape index (κ2) is 7.37. The van der Waals surface area contributed by atoms with Crippen LogP contribution >= 0.6 is 11.8 Å². The molecule has 1 rings (SSSR count). The van der Waals surface area contributed by atoms with Gasteiger partial charge in [0, 0.05) is 30.2 Å². The van der Waals surface area contributed by atoms with Gasteiger partial charge in [0.05, 0.1) is 0 Å². The summed E-state index contributed by atoms with van der Waals surface area (Å²) in [6, 6.07) is 7.41. The van der Waals surface area contributed by atoms with Crippen molar-refractivity contribution in [2.24, 2.45) is 0 Å². The molecule has 1 aromatic carbocycles. The molecule has 0 radical (unpaired) electrons. The number of phenols is 1. The first-order chi connectivity index (χ1) is 7.34. The zero-order chi connectivity index (χ0) is 10.9. The van der Waals surface area contributed by atoms with Gasteiger partial charge in [0.2, 0.25) is 0 Å². The molecule has 0 spiro atoms. The SMILES string of the molecule is C=CCSCCNCc1ccccc1O. The molecule has 0 bridgehead atoms. The molecule has 0 unspecified atom stereocenters. The molecule has 0 aliphatic carbocycles. The van der Waals surface area contributed by atoms with Crippen LogP contribution in [0.5, 0.6) is 5.75 Å². The summed E-state index contributed by atoms with van der Waals surface area (Å²) in [5.41, 5.74) is 0.950. The van der Waals surface area contributed by atoms with Crippen molar-refractivity contribution in [1.82, 2.24) is 5.32 Å². The molecule has 0 fully saturated rings. The first kappa shape index (κ1) is 12.1. The van der Waals surface area contributed by atoms with E-state index in [1.54, 1.807) is 6.07 Å². The number of hydrogen-bond donors (Lipinski definition) is 2. The third kappa shape index (κ3) is 4.91. The van der Waals surface area contributed by atoms with E-state index in [1.807, 2.05) is 36.0 Å². The van der Waals surface area contributed by atoms with Crippen molar-refractivity contribution < 1.29 is 5.11 Å². The lowest BCUT2D eigenvalue weighted by atomic mass is 10.2. The van der Waals surface area contributed by atoms with E-state index in [4.69, 9.17) is 0 Å². The molecule has 2 N–H and O–H groups in total. The number of nitrogens with one attached hydrogen (secondary N) is 1. The number of aromatic hydroxyl groups is 1. The van der Waals surface area contributed by atoms with Crippen LogP contribution in [0.25, 0.3) is 0 Å². The highest BCUT2D eigenvalue weighted by Crippen LogP contribution is 2.14. The summed E-state index contributed by atoms with van der Waals surface area (Å²) >= 11 is 1.85. The molecule has 2 nitrogen and oxygen atoms in total. The lowest BCUT2D eigenvalue weighted by Crippen LogP contribution is -2.16. The number of rotatable bonds is 7. The van der Waals surface area contributed by atoms with Crippen molar-refractivity contribution in [3.05, 3.63) is 42.5 Å². The minimum absolute atomic E-state index is 0.365. The normalized spacial score (nSPS) is 10.1. The molecule has 0 aromatic heterocycles. The number of phenolic OH excluding ortho intramolecular Hbond substituents is 1. The topological polar surface area (TPSA) is 32.3 Å². The Hall–Kier alpha value is -0.930. The minimum Gasteiger partial charge on any atom is -0.508 e. The number of benzene rings is 1. The lowest BCUT2D eigenvalue weighted by molar-refractivity contribution is 0.465. The van der Waals surface area contributed by atoms with Crippen LogP contribution in [0.15, 0.2) is 36.9 Å². The Labute approximate surface area is 95.4 Å². The Morgan fingerprint density at radius 2 is 2.20 bits per heavy atom. The van der Waals surface area contributed by atoms with E-state index in [9.17, 15) is 5.11 Å². The van der Waals surface area contributed by atoms with Gasteiger partial charge in [0.15, 0.2) is 0 Å². The van der Waals surface area contributed by atoms with Crippen molar-refractivity contribution in [3.63, 3.8) is 0 Å². The third-order valence-corrected chi connectivity index (χ3v) is 2.93. The molecule has 82 valence electrons. The van der Waals surface area contributed by atoms with Gasteiger partial charge in [-0.3, -0.25) is 0 Å². The van der Waals surface area contributed by atoms with E-state index >= 15 is 0 Å². The number of hydrogen-bond acceptors (Lipinski definition) is 3. The second-order valence-electron chi connectivity index (χ2n) is 3.17. The molecule has 0 aliphatic heterocycles. The third-order valence-electron chi connectivity index (χ3n) is 1.97. The fourth-order valence-electron chi connectivity index (χ4n) is 1.19. The lowest BCUT2D eigenvalue weighted by Gasteiger charge is -2.05. The van der Waals surface area contributed by atoms with Gasteiger partial charge in [-0.2, -0.15) is 11.8 Å². The monoisotopic (exact) mass is 223 g/mol. The second-order valence-corrected chi connectivity index (χ2v) is 4.32. The molecular formula is C12H17NOS. The predicted octanol–water partition coefficient (Wildman–Crippen LogP) is 2.40. The van der Waals surface area contributed by atoms with Gasteiger partial charge < -0.3 is 10.4 Å². The average Bonchev–Trinajstić information content (AvgIpc) is 2.25. The van der Waals surface area contributed by atoms with E-state index in [0.717, 1.165) is 30.2 Å². The van der Waals surface area contributed by atoms with Gasteiger partial charge in [-0.25, -0.2) is 0 Å². The highest BCUT2D eigenvalue weighted by molar-refractivity contribution is 7.99. The molecule has 0 amide bonds. The van der Waals surface area contributed by atoms with Crippen molar-refractivity contribution in [2.45, 2.75) is 6.54 Å². The molecule has 0 atom stereocenters. The maximum atomic E-state index is 9.49. The van der Waals surface area contributed by atoms with Gasteiger partial charge in [-0.1, -0.05) is 24.3 Å². The van der Waals surface area contributed by atoms with Gasteiger partial charge in [0.1, 0.15) is 5.75 Å². The van der Waals surface area contributed by atoms with Crippen molar-refractivity contribution in [2.75, 3.05) is 18.1 Å². The number of thioether (sulfide) groups is 1. The highest BCUT2D eigenvalue weighted by atomic mass is 32.2. The Morgan fingerprint density at radius 3 is 2.93 bits per heavy atom. The first-order valence-corrected chi connectivity index (χ1v) is 6.16. The van der Waals surface area contributed by atoms with Gasteiger partial charge in [0.25, 0.3) is 0 Å². The summed E-state index contributed by atoms with van der Waals surface area (Å²) in [5, 5.41) is 12.8. The molecule has 0 saturated carbocycles. The standard InChI is InChI=1S/C12H17NOS/c1-2-8-15-9-7-13-10-11-5-3-4-6-12(11)14/h2-6,13-14H,1,7-10H2. The van der Waals surface area contributed by atoms with Gasteiger partial charge >= 0.3 is 0 Å². The van der Waals surface area contributed by atoms with Crippen LogP contribution in [0.4, 0.5) is 0 Å². The maximum Gasteiger partial charge on any atom is 0.120 e. The summed E-state index contributed by atoms with van der Waals surface area (Å²) in [5.74, 6) is 2.43. The largest absolute Gasteiger partial charge is 0.508 e. The van der Waals surface area contributed by atoms with Crippen LogP contribution in [0.3, 0.4) is 0 Å². The zero-order valence-electron chi connectivity index (χ0n) is 8.78. The van der Waals surface area contributed by atoms with E-state index in [-0.39, 0.29) is 0 Å². The van der Waals surface area contributed by atoms with E-state index < -0.39 is 0 Å². The quantitative estimate of drug-likeness (QED) is 0.550. The predicted molar refractivity (Wildman–Crippen MR) is 67.3 cm³/mol. The Bertz CT molecular complexity index is 301. The van der Waals surface area contributed by atoms with Crippen molar-refractivity contribution in [1.29, 1.82) is 0 Å². The summed E-state index contributed by atoms with van der Waals surface area (Å²) in [6.45, 7) is 5.34. The van der Waals surface area contributed by atoms with E-state index in [2.05, 4.69) is 11.9 Å². The van der Waals surface area contributed by atoms with Crippen LogP contribution in [0, 0.1) is 0 Å². The fourth-order valence-corrected chi connectivity index (χ4v) is 1.82. The molecule has 3 heteroatoms. The van der Waals surface area contributed by atoms with Crippen molar-refractivity contribution in [3.8, 4) is 5.75 Å². The van der Waals surface area contributed by atoms with Gasteiger partial charge in [-0.15, -0.1) is 6.58 Å². The van der Waals surface area contributed by atoms with Crippen LogP contribution in [-0.4, -0.2) is 23.2 Å². The van der Waals surface area contributed by atoms with Crippen molar-refractivity contribution >= 4 is 11.8 Å². The summed E-state index contributed by atoms with van der Waals surface area (Å²) in [4.78, 5) is 0. The smallest absolute Gasteiger partial charge is 0.120 e. The van der Waals surface area contributed by atoms with Crippen LogP contribution in [-0.2, 0) is 6.54 Å². The average molecular weight is 223 g/mol. The van der Waals surface area contributed by atoms with Crippen LogP contribution in [0.1, 0.15) is 5.56 Å². The van der Waals surface area contributed by atoms with Crippen LogP contribution < -0.4 is 5.32 Å². The molecule has 0 aliphatic rings. The molecule has 0 saturated heterocycles. The minimum atomic E-state index is 0.365. The molecule has 1 aromatic rings. The molecular weight excluding hydrogens is 206 g/mol. The maximum absolute atomic E-state index is 9.49. The summed E-state index contributed by atoms with van der Waals surface area (Å²) < 4.78 is 0. The first-order valence-electron chi connectivity index (χ1n) is 5.01. The fraction of sp³-hybridized carbons (Fsp3) is 0.333. The summed E-state index contributed by atoms with van der Waals surface area (Å²) in [7, 11) is 0. The van der Waals surface area contributed by atoms with E-state index in [1.165, 1.54) is 0 Å². The summed E-state index contributed by atoms with van der Waals surface area (Å²) in [6.07, 6.45) is 1.91.